The molecular formula is C19H22N2O4. The zero-order valence-corrected chi connectivity index (χ0v) is 14.8. The molecule has 6 nitrogen and oxygen atoms in total. The van der Waals surface area contributed by atoms with E-state index in [0.717, 1.165) is 16.9 Å². The Kier molecular flexibility index (Phi) is 6.39. The lowest BCUT2D eigenvalue weighted by molar-refractivity contribution is -0.120. The van der Waals surface area contributed by atoms with E-state index in [2.05, 4.69) is 10.5 Å². The van der Waals surface area contributed by atoms with Crippen molar-refractivity contribution in [2.75, 3.05) is 21.3 Å². The lowest BCUT2D eigenvalue weighted by atomic mass is 10.1. The molecule has 0 aliphatic rings. The highest BCUT2D eigenvalue weighted by molar-refractivity contribution is 5.99. The summed E-state index contributed by atoms with van der Waals surface area (Å²) in [7, 11) is 4.76. The van der Waals surface area contributed by atoms with Crippen LogP contribution in [0, 0.1) is 0 Å². The minimum absolute atomic E-state index is 0.190. The van der Waals surface area contributed by atoms with Crippen LogP contribution in [0.25, 0.3) is 0 Å². The summed E-state index contributed by atoms with van der Waals surface area (Å²) in [5.74, 6) is 1.82. The molecule has 2 aromatic carbocycles. The summed E-state index contributed by atoms with van der Waals surface area (Å²) in [5.41, 5.74) is 4.96. The molecule has 1 amide bonds. The number of nitrogens with zero attached hydrogens (tertiary/aromatic N) is 1. The van der Waals surface area contributed by atoms with Crippen LogP contribution in [0.5, 0.6) is 17.2 Å². The maximum Gasteiger partial charge on any atom is 0.244 e. The fourth-order valence-corrected chi connectivity index (χ4v) is 2.24. The molecule has 2 aromatic rings. The summed E-state index contributed by atoms with van der Waals surface area (Å²) in [6, 6.07) is 12.8. The van der Waals surface area contributed by atoms with E-state index >= 15 is 0 Å². The van der Waals surface area contributed by atoms with Crippen LogP contribution in [0.2, 0.25) is 0 Å². The second-order valence-electron chi connectivity index (χ2n) is 5.33. The van der Waals surface area contributed by atoms with E-state index in [1.807, 2.05) is 43.3 Å². The number of rotatable bonds is 7. The zero-order chi connectivity index (χ0) is 18.2. The molecule has 0 bridgehead atoms. The largest absolute Gasteiger partial charge is 0.497 e. The Labute approximate surface area is 147 Å². The van der Waals surface area contributed by atoms with Crippen molar-refractivity contribution in [3.05, 3.63) is 53.6 Å². The number of nitrogens with one attached hydrogen (secondary N) is 1. The first-order valence-corrected chi connectivity index (χ1v) is 7.75. The van der Waals surface area contributed by atoms with Gasteiger partial charge in [-0.3, -0.25) is 4.79 Å². The van der Waals surface area contributed by atoms with Gasteiger partial charge in [-0.05, 0) is 42.8 Å². The van der Waals surface area contributed by atoms with E-state index in [1.54, 1.807) is 27.4 Å². The first kappa shape index (κ1) is 18.3. The standard InChI is InChI=1S/C19H22N2O4/c1-13(15-7-10-17(24-3)18(12-15)25-4)20-21-19(22)11-14-5-8-16(23-2)9-6-14/h5-10,12H,11H2,1-4H3,(H,21,22). The Morgan fingerprint density at radius 1 is 0.960 bits per heavy atom. The fraction of sp³-hybridized carbons (Fsp3) is 0.263. The number of methoxy groups -OCH3 is 3. The lowest BCUT2D eigenvalue weighted by Crippen LogP contribution is -2.21. The van der Waals surface area contributed by atoms with E-state index in [0.29, 0.717) is 17.2 Å². The van der Waals surface area contributed by atoms with E-state index in [9.17, 15) is 4.79 Å². The van der Waals surface area contributed by atoms with Gasteiger partial charge < -0.3 is 14.2 Å². The molecule has 0 aromatic heterocycles. The number of hydrogen-bond acceptors (Lipinski definition) is 5. The van der Waals surface area contributed by atoms with Crippen molar-refractivity contribution in [1.82, 2.24) is 5.43 Å². The molecule has 2 rings (SSSR count). The highest BCUT2D eigenvalue weighted by Gasteiger charge is 2.07. The molecule has 0 aliphatic heterocycles. The summed E-state index contributed by atoms with van der Waals surface area (Å²) in [6.45, 7) is 1.81. The zero-order valence-electron chi connectivity index (χ0n) is 14.8. The van der Waals surface area contributed by atoms with Gasteiger partial charge in [-0.15, -0.1) is 0 Å². The van der Waals surface area contributed by atoms with Gasteiger partial charge in [0.2, 0.25) is 5.91 Å². The minimum atomic E-state index is -0.190. The fourth-order valence-electron chi connectivity index (χ4n) is 2.24. The monoisotopic (exact) mass is 342 g/mol. The molecule has 0 heterocycles. The van der Waals surface area contributed by atoms with Crippen LogP contribution in [-0.4, -0.2) is 32.9 Å². The van der Waals surface area contributed by atoms with Crippen molar-refractivity contribution in [1.29, 1.82) is 0 Å². The summed E-state index contributed by atoms with van der Waals surface area (Å²) in [4.78, 5) is 12.0. The number of hydrazone groups is 1. The van der Waals surface area contributed by atoms with E-state index < -0.39 is 0 Å². The van der Waals surface area contributed by atoms with Gasteiger partial charge in [0.25, 0.3) is 0 Å². The summed E-state index contributed by atoms with van der Waals surface area (Å²) in [5, 5.41) is 4.15. The van der Waals surface area contributed by atoms with Crippen LogP contribution in [0.1, 0.15) is 18.1 Å². The van der Waals surface area contributed by atoms with Crippen molar-refractivity contribution in [2.24, 2.45) is 5.10 Å². The summed E-state index contributed by atoms with van der Waals surface area (Å²) >= 11 is 0. The molecule has 0 unspecified atom stereocenters. The number of hydrogen-bond donors (Lipinski definition) is 1. The average Bonchev–Trinajstić information content (AvgIpc) is 2.66. The molecule has 25 heavy (non-hydrogen) atoms. The Hall–Kier alpha value is -3.02. The average molecular weight is 342 g/mol. The van der Waals surface area contributed by atoms with E-state index in [1.165, 1.54) is 0 Å². The van der Waals surface area contributed by atoms with Crippen LogP contribution in [-0.2, 0) is 11.2 Å². The molecule has 0 spiro atoms. The van der Waals surface area contributed by atoms with Gasteiger partial charge >= 0.3 is 0 Å². The third-order valence-corrected chi connectivity index (χ3v) is 3.67. The van der Waals surface area contributed by atoms with Gasteiger partial charge in [-0.1, -0.05) is 12.1 Å². The molecule has 0 saturated carbocycles. The van der Waals surface area contributed by atoms with E-state index in [4.69, 9.17) is 14.2 Å². The van der Waals surface area contributed by atoms with Gasteiger partial charge in [0.05, 0.1) is 33.5 Å². The van der Waals surface area contributed by atoms with Crippen molar-refractivity contribution >= 4 is 11.6 Å². The summed E-state index contributed by atoms with van der Waals surface area (Å²) in [6.07, 6.45) is 0.243. The first-order valence-electron chi connectivity index (χ1n) is 7.75. The molecule has 0 fully saturated rings. The highest BCUT2D eigenvalue weighted by atomic mass is 16.5. The van der Waals surface area contributed by atoms with Crippen LogP contribution < -0.4 is 19.6 Å². The maximum absolute atomic E-state index is 12.0. The predicted molar refractivity (Wildman–Crippen MR) is 96.6 cm³/mol. The van der Waals surface area contributed by atoms with Gasteiger partial charge in [0.15, 0.2) is 11.5 Å². The first-order chi connectivity index (χ1) is 12.1. The smallest absolute Gasteiger partial charge is 0.244 e. The third kappa shape index (κ3) is 4.97. The van der Waals surface area contributed by atoms with Gasteiger partial charge in [0.1, 0.15) is 5.75 Å². The van der Waals surface area contributed by atoms with E-state index in [-0.39, 0.29) is 12.3 Å². The highest BCUT2D eigenvalue weighted by Crippen LogP contribution is 2.27. The minimum Gasteiger partial charge on any atom is -0.497 e. The number of amides is 1. The SMILES string of the molecule is COc1ccc(CC(=O)NN=C(C)c2ccc(OC)c(OC)c2)cc1. The number of carbonyl (C=O) groups excluding carboxylic acids is 1. The van der Waals surface area contributed by atoms with Crippen LogP contribution in [0.15, 0.2) is 47.6 Å². The third-order valence-electron chi connectivity index (χ3n) is 3.67. The Morgan fingerprint density at radius 3 is 2.24 bits per heavy atom. The molecule has 1 N–H and O–H groups in total. The lowest BCUT2D eigenvalue weighted by Gasteiger charge is -2.09. The van der Waals surface area contributed by atoms with Crippen LogP contribution in [0.4, 0.5) is 0 Å². The predicted octanol–water partition coefficient (Wildman–Crippen LogP) is 2.80. The quantitative estimate of drug-likeness (QED) is 0.620. The van der Waals surface area contributed by atoms with Crippen molar-refractivity contribution < 1.29 is 19.0 Å². The number of benzene rings is 2. The van der Waals surface area contributed by atoms with Gasteiger partial charge in [-0.25, -0.2) is 5.43 Å². The van der Waals surface area contributed by atoms with Crippen molar-refractivity contribution in [3.63, 3.8) is 0 Å². The van der Waals surface area contributed by atoms with Crippen molar-refractivity contribution in [3.8, 4) is 17.2 Å². The summed E-state index contributed by atoms with van der Waals surface area (Å²) < 4.78 is 15.6. The Bertz CT molecular complexity index is 755. The molecule has 0 atom stereocenters. The van der Waals surface area contributed by atoms with Crippen LogP contribution >= 0.6 is 0 Å². The topological polar surface area (TPSA) is 69.2 Å². The molecule has 6 heteroatoms. The van der Waals surface area contributed by atoms with Gasteiger partial charge in [0, 0.05) is 5.56 Å². The Morgan fingerprint density at radius 2 is 1.64 bits per heavy atom. The van der Waals surface area contributed by atoms with Crippen molar-refractivity contribution in [2.45, 2.75) is 13.3 Å². The second-order valence-corrected chi connectivity index (χ2v) is 5.33. The number of ether oxygens (including phenoxy) is 3. The maximum atomic E-state index is 12.0. The molecular weight excluding hydrogens is 320 g/mol. The number of carbonyl (C=O) groups is 1. The van der Waals surface area contributed by atoms with Crippen LogP contribution in [0.3, 0.4) is 0 Å². The molecule has 0 aliphatic carbocycles. The molecule has 0 saturated heterocycles. The second kappa shape index (κ2) is 8.73. The van der Waals surface area contributed by atoms with Gasteiger partial charge in [-0.2, -0.15) is 5.10 Å². The normalized spacial score (nSPS) is 11.0. The molecule has 0 radical (unpaired) electrons. The Balaban J connectivity index is 2.00. The molecule has 132 valence electrons.